The van der Waals surface area contributed by atoms with E-state index < -0.39 is 0 Å². The molecular weight excluding hydrogens is 166 g/mol. The molecule has 0 fully saturated rings. The minimum atomic E-state index is 0.660. The van der Waals surface area contributed by atoms with E-state index >= 15 is 0 Å². The molecule has 3 rings (SSSR count). The first-order chi connectivity index (χ1) is 6.45. The summed E-state index contributed by atoms with van der Waals surface area (Å²) in [4.78, 5) is 6.30. The highest BCUT2D eigenvalue weighted by Crippen LogP contribution is 2.28. The largest absolute Gasteiger partial charge is 0.469 e. The van der Waals surface area contributed by atoms with Crippen LogP contribution < -0.4 is 5.32 Å². The van der Waals surface area contributed by atoms with Gasteiger partial charge in [-0.3, -0.25) is 4.99 Å². The van der Waals surface area contributed by atoms with Crippen LogP contribution >= 0.6 is 0 Å². The topological polar surface area (TPSA) is 36.9 Å². The van der Waals surface area contributed by atoms with Crippen LogP contribution in [0.2, 0.25) is 0 Å². The quantitative estimate of drug-likeness (QED) is 0.583. The molecule has 4 heteroatoms. The van der Waals surface area contributed by atoms with Crippen LogP contribution in [0.4, 0.5) is 0 Å². The van der Waals surface area contributed by atoms with E-state index in [0.29, 0.717) is 6.67 Å². The first-order valence-corrected chi connectivity index (χ1v) is 4.21. The summed E-state index contributed by atoms with van der Waals surface area (Å²) in [6.45, 7) is 1.55. The van der Waals surface area contributed by atoms with Gasteiger partial charge >= 0.3 is 0 Å². The second-order valence-corrected chi connectivity index (χ2v) is 3.10. The van der Waals surface area contributed by atoms with E-state index in [9.17, 15) is 0 Å². The highest BCUT2D eigenvalue weighted by molar-refractivity contribution is 5.84. The number of ether oxygens (including phenoxy) is 1. The smallest absolute Gasteiger partial charge is 0.116 e. The zero-order chi connectivity index (χ0) is 8.67. The second kappa shape index (κ2) is 2.39. The van der Waals surface area contributed by atoms with Gasteiger partial charge in [0.15, 0.2) is 0 Å². The lowest BCUT2D eigenvalue weighted by Crippen LogP contribution is -2.21. The van der Waals surface area contributed by atoms with Crippen molar-refractivity contribution in [3.63, 3.8) is 0 Å². The number of nitrogens with zero attached hydrogens (tertiary/aromatic N) is 2. The normalized spacial score (nSPS) is 23.4. The number of hydrogen-bond donors (Lipinski definition) is 1. The van der Waals surface area contributed by atoms with E-state index in [1.165, 1.54) is 5.57 Å². The molecule has 0 saturated carbocycles. The first kappa shape index (κ1) is 6.77. The summed E-state index contributed by atoms with van der Waals surface area (Å²) >= 11 is 0. The molecule has 66 valence electrons. The maximum atomic E-state index is 5.13. The lowest BCUT2D eigenvalue weighted by Gasteiger charge is -2.19. The molecule has 0 atom stereocenters. The van der Waals surface area contributed by atoms with E-state index in [-0.39, 0.29) is 0 Å². The molecule has 0 saturated heterocycles. The van der Waals surface area contributed by atoms with Crippen LogP contribution in [0.1, 0.15) is 0 Å². The van der Waals surface area contributed by atoms with Crippen molar-refractivity contribution < 1.29 is 4.74 Å². The van der Waals surface area contributed by atoms with Crippen LogP contribution in [0.15, 0.2) is 40.7 Å². The summed E-state index contributed by atoms with van der Waals surface area (Å²) < 4.78 is 5.13. The number of hydrogen-bond acceptors (Lipinski definition) is 4. The minimum absolute atomic E-state index is 0.660. The molecule has 4 nitrogen and oxygen atoms in total. The van der Waals surface area contributed by atoms with Crippen molar-refractivity contribution in [1.29, 1.82) is 0 Å². The van der Waals surface area contributed by atoms with Gasteiger partial charge in [-0.2, -0.15) is 0 Å². The molecular formula is C9H9N3O. The summed E-state index contributed by atoms with van der Waals surface area (Å²) in [5.74, 6) is 0. The van der Waals surface area contributed by atoms with Crippen LogP contribution in [0.25, 0.3) is 0 Å². The lowest BCUT2D eigenvalue weighted by atomic mass is 10.2. The van der Waals surface area contributed by atoms with Gasteiger partial charge < -0.3 is 15.0 Å². The molecule has 0 unspecified atom stereocenters. The van der Waals surface area contributed by atoms with Crippen molar-refractivity contribution in [3.05, 3.63) is 35.7 Å². The molecule has 0 amide bonds. The summed E-state index contributed by atoms with van der Waals surface area (Å²) in [6, 6.07) is 0. The fraction of sp³-hybridized carbons (Fsp3) is 0.222. The molecule has 0 bridgehead atoms. The van der Waals surface area contributed by atoms with Crippen molar-refractivity contribution in [2.75, 3.05) is 13.2 Å². The summed E-state index contributed by atoms with van der Waals surface area (Å²) in [7, 11) is 0. The average Bonchev–Trinajstić information content (AvgIpc) is 2.56. The molecule has 3 heterocycles. The summed E-state index contributed by atoms with van der Waals surface area (Å²) in [5, 5.41) is 3.24. The van der Waals surface area contributed by atoms with Gasteiger partial charge in [-0.05, 0) is 0 Å². The van der Waals surface area contributed by atoms with Crippen LogP contribution in [0.5, 0.6) is 0 Å². The van der Waals surface area contributed by atoms with Gasteiger partial charge in [0.1, 0.15) is 24.9 Å². The third-order valence-corrected chi connectivity index (χ3v) is 2.32. The SMILES string of the molecule is C1=CN2CC3=C(NCN=C3)C2=CO1. The van der Waals surface area contributed by atoms with Gasteiger partial charge in [0.05, 0.1) is 12.2 Å². The zero-order valence-corrected chi connectivity index (χ0v) is 7.03. The van der Waals surface area contributed by atoms with E-state index in [0.717, 1.165) is 17.9 Å². The van der Waals surface area contributed by atoms with Gasteiger partial charge in [-0.15, -0.1) is 0 Å². The van der Waals surface area contributed by atoms with E-state index in [1.54, 1.807) is 12.5 Å². The Kier molecular flexibility index (Phi) is 1.24. The molecule has 13 heavy (non-hydrogen) atoms. The average molecular weight is 175 g/mol. The molecule has 3 aliphatic rings. The molecule has 3 aliphatic heterocycles. The highest BCUT2D eigenvalue weighted by atomic mass is 16.5. The fourth-order valence-corrected chi connectivity index (χ4v) is 1.72. The second-order valence-electron chi connectivity index (χ2n) is 3.10. The number of fused-ring (bicyclic) bond motifs is 2. The fourth-order valence-electron chi connectivity index (χ4n) is 1.72. The molecule has 0 aliphatic carbocycles. The Bertz CT molecular complexity index is 365. The van der Waals surface area contributed by atoms with Gasteiger partial charge in [0, 0.05) is 18.0 Å². The van der Waals surface area contributed by atoms with Crippen molar-refractivity contribution in [1.82, 2.24) is 10.2 Å². The van der Waals surface area contributed by atoms with Gasteiger partial charge in [0.2, 0.25) is 0 Å². The lowest BCUT2D eigenvalue weighted by molar-refractivity contribution is 0.343. The minimum Gasteiger partial charge on any atom is -0.469 e. The van der Waals surface area contributed by atoms with Crippen LogP contribution in [0, 0.1) is 0 Å². The third kappa shape index (κ3) is 0.884. The standard InChI is InChI=1S/C9H9N3O/c1-2-13-5-8-9-7(4-12(1)8)3-10-6-11-9/h1-3,5,11H,4,6H2. The van der Waals surface area contributed by atoms with E-state index in [4.69, 9.17) is 4.74 Å². The Labute approximate surface area is 75.9 Å². The Balaban J connectivity index is 2.04. The molecule has 0 aromatic heterocycles. The Morgan fingerprint density at radius 2 is 2.54 bits per heavy atom. The van der Waals surface area contributed by atoms with Crippen LogP contribution in [0.3, 0.4) is 0 Å². The Morgan fingerprint density at radius 3 is 3.54 bits per heavy atom. The number of rotatable bonds is 0. The van der Waals surface area contributed by atoms with Crippen LogP contribution in [-0.4, -0.2) is 24.3 Å². The van der Waals surface area contributed by atoms with Crippen molar-refractivity contribution >= 4 is 6.21 Å². The predicted molar refractivity (Wildman–Crippen MR) is 48.5 cm³/mol. The Hall–Kier alpha value is -1.71. The summed E-state index contributed by atoms with van der Waals surface area (Å²) in [6.07, 6.45) is 7.30. The zero-order valence-electron chi connectivity index (χ0n) is 7.03. The third-order valence-electron chi connectivity index (χ3n) is 2.32. The maximum absolute atomic E-state index is 5.13. The van der Waals surface area contributed by atoms with Gasteiger partial charge in [-0.1, -0.05) is 0 Å². The number of aliphatic imine (C=N–C) groups is 1. The Morgan fingerprint density at radius 1 is 1.54 bits per heavy atom. The molecule has 0 radical (unpaired) electrons. The number of nitrogens with one attached hydrogen (secondary N) is 1. The first-order valence-electron chi connectivity index (χ1n) is 4.21. The van der Waals surface area contributed by atoms with E-state index in [2.05, 4.69) is 15.2 Å². The predicted octanol–water partition coefficient (Wildman–Crippen LogP) is 0.530. The van der Waals surface area contributed by atoms with Gasteiger partial charge in [-0.25, -0.2) is 0 Å². The molecule has 0 aromatic carbocycles. The van der Waals surface area contributed by atoms with Gasteiger partial charge in [0.25, 0.3) is 0 Å². The summed E-state index contributed by atoms with van der Waals surface area (Å²) in [5.41, 5.74) is 3.48. The van der Waals surface area contributed by atoms with E-state index in [1.807, 2.05) is 12.4 Å². The molecule has 1 N–H and O–H groups in total. The molecule has 0 aromatic rings. The maximum Gasteiger partial charge on any atom is 0.116 e. The van der Waals surface area contributed by atoms with Crippen molar-refractivity contribution in [2.45, 2.75) is 0 Å². The van der Waals surface area contributed by atoms with Crippen LogP contribution in [-0.2, 0) is 4.74 Å². The highest BCUT2D eigenvalue weighted by Gasteiger charge is 2.27. The monoisotopic (exact) mass is 175 g/mol. The van der Waals surface area contributed by atoms with Crippen molar-refractivity contribution in [3.8, 4) is 0 Å². The van der Waals surface area contributed by atoms with Crippen molar-refractivity contribution in [2.24, 2.45) is 4.99 Å². The molecule has 0 spiro atoms.